The van der Waals surface area contributed by atoms with Gasteiger partial charge in [0.1, 0.15) is 0 Å². The average molecular weight is 241 g/mol. The molecule has 0 spiro atoms. The van der Waals surface area contributed by atoms with Crippen LogP contribution in [0.25, 0.3) is 0 Å². The van der Waals surface area contributed by atoms with Crippen molar-refractivity contribution in [3.05, 3.63) is 0 Å². The Labute approximate surface area is 108 Å². The first-order valence-electron chi connectivity index (χ1n) is 7.47. The standard InChI is InChI=1S/C15H31NO/c1-4-5-10-17-11-9-15(7-6-8-15)13-16-12-14(2)3/h14,16H,4-13H2,1-3H3. The third-order valence-electron chi connectivity index (χ3n) is 3.89. The van der Waals surface area contributed by atoms with Crippen LogP contribution in [0.4, 0.5) is 0 Å². The lowest BCUT2D eigenvalue weighted by atomic mass is 9.66. The van der Waals surface area contributed by atoms with Gasteiger partial charge < -0.3 is 10.1 Å². The first-order chi connectivity index (χ1) is 8.18. The molecule has 0 unspecified atom stereocenters. The molecule has 0 bridgehead atoms. The van der Waals surface area contributed by atoms with Gasteiger partial charge in [0.2, 0.25) is 0 Å². The monoisotopic (exact) mass is 241 g/mol. The number of hydrogen-bond donors (Lipinski definition) is 1. The maximum atomic E-state index is 5.71. The predicted octanol–water partition coefficient (Wildman–Crippen LogP) is 3.61. The summed E-state index contributed by atoms with van der Waals surface area (Å²) in [7, 11) is 0. The fourth-order valence-electron chi connectivity index (χ4n) is 2.46. The van der Waals surface area contributed by atoms with Gasteiger partial charge in [-0.25, -0.2) is 0 Å². The molecule has 0 aromatic rings. The molecule has 2 nitrogen and oxygen atoms in total. The second kappa shape index (κ2) is 8.10. The molecule has 102 valence electrons. The number of hydrogen-bond acceptors (Lipinski definition) is 2. The molecule has 1 N–H and O–H groups in total. The van der Waals surface area contributed by atoms with Gasteiger partial charge in [-0.15, -0.1) is 0 Å². The van der Waals surface area contributed by atoms with Crippen LogP contribution in [0.3, 0.4) is 0 Å². The number of nitrogens with one attached hydrogen (secondary N) is 1. The highest BCUT2D eigenvalue weighted by Crippen LogP contribution is 2.43. The van der Waals surface area contributed by atoms with Gasteiger partial charge in [0.15, 0.2) is 0 Å². The molecule has 17 heavy (non-hydrogen) atoms. The minimum Gasteiger partial charge on any atom is -0.381 e. The fraction of sp³-hybridized carbons (Fsp3) is 1.00. The minimum absolute atomic E-state index is 0.571. The van der Waals surface area contributed by atoms with Gasteiger partial charge in [0.05, 0.1) is 0 Å². The van der Waals surface area contributed by atoms with Crippen molar-refractivity contribution in [3.63, 3.8) is 0 Å². The first-order valence-corrected chi connectivity index (χ1v) is 7.47. The van der Waals surface area contributed by atoms with Crippen molar-refractivity contribution in [2.45, 2.75) is 59.3 Å². The highest BCUT2D eigenvalue weighted by Gasteiger charge is 2.35. The zero-order valence-corrected chi connectivity index (χ0v) is 12.1. The topological polar surface area (TPSA) is 21.3 Å². The summed E-state index contributed by atoms with van der Waals surface area (Å²) in [6.07, 6.45) is 7.91. The lowest BCUT2D eigenvalue weighted by Gasteiger charge is -2.42. The molecule has 0 heterocycles. The van der Waals surface area contributed by atoms with E-state index in [2.05, 4.69) is 26.1 Å². The van der Waals surface area contributed by atoms with E-state index in [1.165, 1.54) is 45.1 Å². The van der Waals surface area contributed by atoms with E-state index < -0.39 is 0 Å². The Kier molecular flexibility index (Phi) is 7.14. The van der Waals surface area contributed by atoms with Gasteiger partial charge in [-0.3, -0.25) is 0 Å². The number of rotatable bonds is 10. The third-order valence-corrected chi connectivity index (χ3v) is 3.89. The summed E-state index contributed by atoms with van der Waals surface area (Å²) in [5, 5.41) is 3.62. The van der Waals surface area contributed by atoms with Crippen LogP contribution >= 0.6 is 0 Å². The van der Waals surface area contributed by atoms with E-state index >= 15 is 0 Å². The molecule has 1 aliphatic rings. The Bertz CT molecular complexity index is 187. The van der Waals surface area contributed by atoms with Crippen LogP contribution < -0.4 is 5.32 Å². The van der Waals surface area contributed by atoms with Crippen molar-refractivity contribution in [1.29, 1.82) is 0 Å². The van der Waals surface area contributed by atoms with Crippen molar-refractivity contribution < 1.29 is 4.74 Å². The van der Waals surface area contributed by atoms with E-state index in [9.17, 15) is 0 Å². The maximum absolute atomic E-state index is 5.71. The van der Waals surface area contributed by atoms with Gasteiger partial charge in [-0.1, -0.05) is 33.6 Å². The molecule has 1 rings (SSSR count). The van der Waals surface area contributed by atoms with Crippen LogP contribution in [0.2, 0.25) is 0 Å². The van der Waals surface area contributed by atoms with Crippen molar-refractivity contribution in [2.75, 3.05) is 26.3 Å². The molecule has 0 radical (unpaired) electrons. The zero-order chi connectivity index (χ0) is 12.6. The number of ether oxygens (including phenoxy) is 1. The number of unbranched alkanes of at least 4 members (excludes halogenated alkanes) is 1. The lowest BCUT2D eigenvalue weighted by Crippen LogP contribution is -2.41. The normalized spacial score (nSPS) is 18.4. The molecular weight excluding hydrogens is 210 g/mol. The van der Waals surface area contributed by atoms with Crippen LogP contribution in [0, 0.1) is 11.3 Å². The minimum atomic E-state index is 0.571. The molecule has 1 aliphatic carbocycles. The molecule has 1 fully saturated rings. The summed E-state index contributed by atoms with van der Waals surface area (Å²) in [6.45, 7) is 11.0. The van der Waals surface area contributed by atoms with E-state index in [1.54, 1.807) is 0 Å². The zero-order valence-electron chi connectivity index (χ0n) is 12.1. The maximum Gasteiger partial charge on any atom is 0.0471 e. The third kappa shape index (κ3) is 5.87. The van der Waals surface area contributed by atoms with E-state index in [4.69, 9.17) is 4.74 Å². The van der Waals surface area contributed by atoms with E-state index in [1.807, 2.05) is 0 Å². The summed E-state index contributed by atoms with van der Waals surface area (Å²) < 4.78 is 5.71. The largest absolute Gasteiger partial charge is 0.381 e. The smallest absolute Gasteiger partial charge is 0.0471 e. The molecule has 2 heteroatoms. The van der Waals surface area contributed by atoms with Gasteiger partial charge in [-0.05, 0) is 43.6 Å². The fourth-order valence-corrected chi connectivity index (χ4v) is 2.46. The molecule has 0 atom stereocenters. The Hall–Kier alpha value is -0.0800. The molecular formula is C15H31NO. The van der Waals surface area contributed by atoms with Gasteiger partial charge in [-0.2, -0.15) is 0 Å². The summed E-state index contributed by atoms with van der Waals surface area (Å²) in [6, 6.07) is 0. The van der Waals surface area contributed by atoms with Crippen LogP contribution in [0.5, 0.6) is 0 Å². The Morgan fingerprint density at radius 1 is 1.24 bits per heavy atom. The Morgan fingerprint density at radius 3 is 2.53 bits per heavy atom. The van der Waals surface area contributed by atoms with Crippen molar-refractivity contribution in [2.24, 2.45) is 11.3 Å². The van der Waals surface area contributed by atoms with E-state index in [-0.39, 0.29) is 0 Å². The lowest BCUT2D eigenvalue weighted by molar-refractivity contribution is 0.0482. The Balaban J connectivity index is 2.08. The first kappa shape index (κ1) is 15.0. The molecule has 0 aromatic carbocycles. The second-order valence-electron chi connectivity index (χ2n) is 6.09. The summed E-state index contributed by atoms with van der Waals surface area (Å²) in [4.78, 5) is 0. The SMILES string of the molecule is CCCCOCCC1(CNCC(C)C)CCC1. The highest BCUT2D eigenvalue weighted by molar-refractivity contribution is 4.89. The van der Waals surface area contributed by atoms with Crippen molar-refractivity contribution in [3.8, 4) is 0 Å². The van der Waals surface area contributed by atoms with Gasteiger partial charge >= 0.3 is 0 Å². The predicted molar refractivity (Wildman–Crippen MR) is 74.3 cm³/mol. The van der Waals surface area contributed by atoms with Crippen LogP contribution in [0.15, 0.2) is 0 Å². The van der Waals surface area contributed by atoms with Crippen molar-refractivity contribution >= 4 is 0 Å². The summed E-state index contributed by atoms with van der Waals surface area (Å²) in [5.74, 6) is 0.757. The van der Waals surface area contributed by atoms with Crippen LogP contribution in [-0.4, -0.2) is 26.3 Å². The molecule has 0 aliphatic heterocycles. The average Bonchev–Trinajstić information content (AvgIpc) is 2.23. The van der Waals surface area contributed by atoms with Crippen molar-refractivity contribution in [1.82, 2.24) is 5.32 Å². The Morgan fingerprint density at radius 2 is 2.00 bits per heavy atom. The van der Waals surface area contributed by atoms with E-state index in [0.29, 0.717) is 5.41 Å². The van der Waals surface area contributed by atoms with Crippen LogP contribution in [0.1, 0.15) is 59.3 Å². The van der Waals surface area contributed by atoms with Crippen LogP contribution in [-0.2, 0) is 4.74 Å². The molecule has 0 amide bonds. The van der Waals surface area contributed by atoms with Gasteiger partial charge in [0, 0.05) is 19.8 Å². The molecule has 0 saturated heterocycles. The second-order valence-corrected chi connectivity index (χ2v) is 6.09. The summed E-state index contributed by atoms with van der Waals surface area (Å²) in [5.41, 5.74) is 0.571. The molecule has 1 saturated carbocycles. The highest BCUT2D eigenvalue weighted by atomic mass is 16.5. The summed E-state index contributed by atoms with van der Waals surface area (Å²) >= 11 is 0. The van der Waals surface area contributed by atoms with Gasteiger partial charge in [0.25, 0.3) is 0 Å². The van der Waals surface area contributed by atoms with E-state index in [0.717, 1.165) is 25.7 Å². The quantitative estimate of drug-likeness (QED) is 0.590. The molecule has 0 aromatic heterocycles.